The molecule has 0 aromatic heterocycles. The van der Waals surface area contributed by atoms with Crippen molar-refractivity contribution in [2.24, 2.45) is 11.8 Å². The molecular formula is C16H26FN. The number of halogens is 1. The van der Waals surface area contributed by atoms with E-state index in [-0.39, 0.29) is 5.82 Å². The van der Waals surface area contributed by atoms with E-state index in [1.807, 2.05) is 12.1 Å². The van der Waals surface area contributed by atoms with Gasteiger partial charge in [-0.1, -0.05) is 39.8 Å². The van der Waals surface area contributed by atoms with E-state index in [2.05, 4.69) is 39.9 Å². The number of benzene rings is 1. The van der Waals surface area contributed by atoms with Gasteiger partial charge in [-0.3, -0.25) is 0 Å². The molecule has 2 heteroatoms. The van der Waals surface area contributed by atoms with E-state index in [4.69, 9.17) is 0 Å². The Labute approximate surface area is 111 Å². The summed E-state index contributed by atoms with van der Waals surface area (Å²) in [6.45, 7) is 11.1. The molecule has 0 amide bonds. The largest absolute Gasteiger partial charge is 0.307 e. The molecule has 0 heterocycles. The highest BCUT2D eigenvalue weighted by molar-refractivity contribution is 5.20. The van der Waals surface area contributed by atoms with Crippen LogP contribution in [-0.4, -0.2) is 6.04 Å². The van der Waals surface area contributed by atoms with Gasteiger partial charge < -0.3 is 5.32 Å². The van der Waals surface area contributed by atoms with Gasteiger partial charge in [0.1, 0.15) is 5.82 Å². The fraction of sp³-hybridized carbons (Fsp3) is 0.625. The Kier molecular flexibility index (Phi) is 5.80. The zero-order valence-corrected chi connectivity index (χ0v) is 12.2. The molecule has 1 aromatic carbocycles. The van der Waals surface area contributed by atoms with Gasteiger partial charge in [0, 0.05) is 12.1 Å². The average Bonchev–Trinajstić information content (AvgIpc) is 2.26. The molecule has 2 unspecified atom stereocenters. The van der Waals surface area contributed by atoms with E-state index >= 15 is 0 Å². The van der Waals surface area contributed by atoms with E-state index in [0.717, 1.165) is 6.42 Å². The summed E-state index contributed by atoms with van der Waals surface area (Å²) in [5.41, 5.74) is 1.17. The second kappa shape index (κ2) is 6.89. The third kappa shape index (κ3) is 4.77. The van der Waals surface area contributed by atoms with Gasteiger partial charge >= 0.3 is 0 Å². The van der Waals surface area contributed by atoms with Crippen LogP contribution in [0.3, 0.4) is 0 Å². The Morgan fingerprint density at radius 2 is 1.56 bits per heavy atom. The number of rotatable bonds is 6. The maximum atomic E-state index is 13.0. The van der Waals surface area contributed by atoms with Crippen LogP contribution in [0.15, 0.2) is 24.3 Å². The Morgan fingerprint density at radius 1 is 1.00 bits per heavy atom. The summed E-state index contributed by atoms with van der Waals surface area (Å²) >= 11 is 0. The summed E-state index contributed by atoms with van der Waals surface area (Å²) in [5, 5.41) is 3.66. The van der Waals surface area contributed by atoms with Crippen molar-refractivity contribution in [2.45, 2.75) is 53.1 Å². The van der Waals surface area contributed by atoms with Gasteiger partial charge in [0.05, 0.1) is 0 Å². The molecule has 0 aliphatic heterocycles. The van der Waals surface area contributed by atoms with Crippen molar-refractivity contribution in [1.82, 2.24) is 5.32 Å². The molecule has 0 bridgehead atoms. The van der Waals surface area contributed by atoms with Crippen LogP contribution in [0, 0.1) is 17.7 Å². The van der Waals surface area contributed by atoms with Crippen molar-refractivity contribution in [3.8, 4) is 0 Å². The van der Waals surface area contributed by atoms with Gasteiger partial charge in [-0.15, -0.1) is 0 Å². The normalized spacial score (nSPS) is 15.1. The first-order valence-electron chi connectivity index (χ1n) is 6.91. The minimum atomic E-state index is -0.170. The third-order valence-electron chi connectivity index (χ3n) is 3.18. The zero-order valence-electron chi connectivity index (χ0n) is 12.2. The second-order valence-corrected chi connectivity index (χ2v) is 5.97. The summed E-state index contributed by atoms with van der Waals surface area (Å²) in [6.07, 6.45) is 1.16. The summed E-state index contributed by atoms with van der Waals surface area (Å²) in [6, 6.07) is 7.62. The second-order valence-electron chi connectivity index (χ2n) is 5.97. The van der Waals surface area contributed by atoms with Crippen LogP contribution in [0.5, 0.6) is 0 Å². The van der Waals surface area contributed by atoms with E-state index < -0.39 is 0 Å². The molecule has 1 rings (SSSR count). The monoisotopic (exact) mass is 251 g/mol. The molecule has 102 valence electrons. The zero-order chi connectivity index (χ0) is 13.7. The number of hydrogen-bond donors (Lipinski definition) is 1. The molecule has 0 aliphatic rings. The molecule has 1 aromatic rings. The molecule has 1 nitrogen and oxygen atoms in total. The minimum Gasteiger partial charge on any atom is -0.307 e. The van der Waals surface area contributed by atoms with Crippen molar-refractivity contribution in [3.63, 3.8) is 0 Å². The van der Waals surface area contributed by atoms with Gasteiger partial charge in [0.2, 0.25) is 0 Å². The highest BCUT2D eigenvalue weighted by Gasteiger charge is 2.18. The SMILES string of the molecule is CC(C)CC(C)NC(c1ccc(F)cc1)C(C)C. The Balaban J connectivity index is 2.74. The molecule has 0 fully saturated rings. The first kappa shape index (κ1) is 15.2. The lowest BCUT2D eigenvalue weighted by atomic mass is 9.94. The lowest BCUT2D eigenvalue weighted by molar-refractivity contribution is 0.338. The summed E-state index contributed by atoms with van der Waals surface area (Å²) in [5.74, 6) is 1.01. The van der Waals surface area contributed by atoms with Crippen LogP contribution in [0.1, 0.15) is 52.6 Å². The van der Waals surface area contributed by atoms with Gasteiger partial charge in [-0.05, 0) is 42.9 Å². The van der Waals surface area contributed by atoms with Crippen LogP contribution < -0.4 is 5.32 Å². The van der Waals surface area contributed by atoms with Crippen molar-refractivity contribution in [1.29, 1.82) is 0 Å². The standard InChI is InChI=1S/C16H26FN/c1-11(2)10-13(5)18-16(12(3)4)14-6-8-15(17)9-7-14/h6-9,11-13,16,18H,10H2,1-5H3. The van der Waals surface area contributed by atoms with E-state index in [1.165, 1.54) is 5.56 Å². The number of hydrogen-bond acceptors (Lipinski definition) is 1. The highest BCUT2D eigenvalue weighted by atomic mass is 19.1. The number of nitrogens with one attached hydrogen (secondary N) is 1. The van der Waals surface area contributed by atoms with Crippen molar-refractivity contribution >= 4 is 0 Å². The Bertz CT molecular complexity index is 343. The molecule has 1 N–H and O–H groups in total. The van der Waals surface area contributed by atoms with E-state index in [0.29, 0.717) is 23.9 Å². The predicted octanol–water partition coefficient (Wildman–Crippen LogP) is 4.55. The summed E-state index contributed by atoms with van der Waals surface area (Å²) < 4.78 is 13.0. The topological polar surface area (TPSA) is 12.0 Å². The maximum Gasteiger partial charge on any atom is 0.123 e. The first-order valence-corrected chi connectivity index (χ1v) is 6.91. The molecule has 2 atom stereocenters. The smallest absolute Gasteiger partial charge is 0.123 e. The van der Waals surface area contributed by atoms with E-state index in [1.54, 1.807) is 12.1 Å². The molecule has 0 aliphatic carbocycles. The van der Waals surface area contributed by atoms with Gasteiger partial charge in [0.25, 0.3) is 0 Å². The Hall–Kier alpha value is -0.890. The molecular weight excluding hydrogens is 225 g/mol. The molecule has 0 radical (unpaired) electrons. The lowest BCUT2D eigenvalue weighted by Crippen LogP contribution is -2.34. The van der Waals surface area contributed by atoms with Gasteiger partial charge in [-0.25, -0.2) is 4.39 Å². The highest BCUT2D eigenvalue weighted by Crippen LogP contribution is 2.23. The van der Waals surface area contributed by atoms with Crippen molar-refractivity contribution in [3.05, 3.63) is 35.6 Å². The molecule has 18 heavy (non-hydrogen) atoms. The van der Waals surface area contributed by atoms with E-state index in [9.17, 15) is 4.39 Å². The summed E-state index contributed by atoms with van der Waals surface area (Å²) in [7, 11) is 0. The molecule has 0 spiro atoms. The Morgan fingerprint density at radius 3 is 2.00 bits per heavy atom. The fourth-order valence-electron chi connectivity index (χ4n) is 2.43. The van der Waals surface area contributed by atoms with Crippen LogP contribution >= 0.6 is 0 Å². The lowest BCUT2D eigenvalue weighted by Gasteiger charge is -2.28. The molecule has 0 saturated heterocycles. The van der Waals surface area contributed by atoms with Crippen molar-refractivity contribution in [2.75, 3.05) is 0 Å². The third-order valence-corrected chi connectivity index (χ3v) is 3.18. The molecule has 0 saturated carbocycles. The van der Waals surface area contributed by atoms with Gasteiger partial charge in [-0.2, -0.15) is 0 Å². The fourth-order valence-corrected chi connectivity index (χ4v) is 2.43. The quantitative estimate of drug-likeness (QED) is 0.782. The van der Waals surface area contributed by atoms with Crippen LogP contribution in [-0.2, 0) is 0 Å². The van der Waals surface area contributed by atoms with Crippen molar-refractivity contribution < 1.29 is 4.39 Å². The van der Waals surface area contributed by atoms with Crippen LogP contribution in [0.25, 0.3) is 0 Å². The van der Waals surface area contributed by atoms with Crippen LogP contribution in [0.2, 0.25) is 0 Å². The summed E-state index contributed by atoms with van der Waals surface area (Å²) in [4.78, 5) is 0. The average molecular weight is 251 g/mol. The predicted molar refractivity (Wildman–Crippen MR) is 76.0 cm³/mol. The van der Waals surface area contributed by atoms with Gasteiger partial charge in [0.15, 0.2) is 0 Å². The maximum absolute atomic E-state index is 13.0. The van der Waals surface area contributed by atoms with Crippen LogP contribution in [0.4, 0.5) is 4.39 Å². The first-order chi connectivity index (χ1) is 8.40. The minimum absolute atomic E-state index is 0.170.